The van der Waals surface area contributed by atoms with Crippen LogP contribution in [0.5, 0.6) is 0 Å². The number of hydrogen-bond acceptors (Lipinski definition) is 16. The van der Waals surface area contributed by atoms with Gasteiger partial charge in [-0.25, -0.2) is 14.4 Å². The molecule has 0 saturated carbocycles. The summed E-state index contributed by atoms with van der Waals surface area (Å²) in [5, 5.41) is 6.67. The SMILES string of the molecule is COC(=O)C[C@H](NC(=O)CN(CC(=O)N[C@@H](CC(=O)OC)C(=O)OC)CC(=O)N[C@@H](CC(=O)OC)C(=O)OC)C(=O)OC. The smallest absolute Gasteiger partial charge is 0.328 e. The molecule has 0 aliphatic carbocycles. The molecule has 0 aromatic carbocycles. The first-order chi connectivity index (χ1) is 20.2. The zero-order valence-electron chi connectivity index (χ0n) is 24.5. The van der Waals surface area contributed by atoms with Crippen LogP contribution in [0.4, 0.5) is 0 Å². The van der Waals surface area contributed by atoms with E-state index in [1.54, 1.807) is 0 Å². The first-order valence-corrected chi connectivity index (χ1v) is 12.3. The predicted molar refractivity (Wildman–Crippen MR) is 138 cm³/mol. The van der Waals surface area contributed by atoms with Gasteiger partial charge in [0.2, 0.25) is 17.7 Å². The number of amides is 3. The van der Waals surface area contributed by atoms with Crippen molar-refractivity contribution in [1.82, 2.24) is 20.9 Å². The molecule has 0 radical (unpaired) electrons. The summed E-state index contributed by atoms with van der Waals surface area (Å²) in [4.78, 5) is 110. The van der Waals surface area contributed by atoms with Crippen molar-refractivity contribution >= 4 is 53.5 Å². The summed E-state index contributed by atoms with van der Waals surface area (Å²) in [6.07, 6.45) is -1.80. The highest BCUT2D eigenvalue weighted by atomic mass is 16.5. The lowest BCUT2D eigenvalue weighted by Gasteiger charge is -2.24. The van der Waals surface area contributed by atoms with Gasteiger partial charge in [-0.05, 0) is 0 Å². The number of methoxy groups -OCH3 is 6. The summed E-state index contributed by atoms with van der Waals surface area (Å²) in [6.45, 7) is -2.26. The Kier molecular flexibility index (Phi) is 17.9. The Morgan fingerprint density at radius 3 is 0.860 bits per heavy atom. The van der Waals surface area contributed by atoms with Gasteiger partial charge in [-0.3, -0.25) is 33.7 Å². The third-order valence-electron chi connectivity index (χ3n) is 5.36. The number of hydrogen-bond donors (Lipinski definition) is 3. The van der Waals surface area contributed by atoms with Crippen LogP contribution in [-0.4, -0.2) is 139 Å². The van der Waals surface area contributed by atoms with E-state index in [9.17, 15) is 43.2 Å². The van der Waals surface area contributed by atoms with Crippen LogP contribution in [0, 0.1) is 0 Å². The molecule has 0 aliphatic heterocycles. The van der Waals surface area contributed by atoms with Crippen molar-refractivity contribution in [3.63, 3.8) is 0 Å². The molecule has 19 heteroatoms. The molecule has 19 nitrogen and oxygen atoms in total. The summed E-state index contributed by atoms with van der Waals surface area (Å²) < 4.78 is 27.2. The highest BCUT2D eigenvalue weighted by Crippen LogP contribution is 2.02. The topological polar surface area (TPSA) is 248 Å². The number of nitrogens with zero attached hydrogens (tertiary/aromatic N) is 1. The first kappa shape index (κ1) is 38.2. The molecule has 0 spiro atoms. The monoisotopic (exact) mass is 620 g/mol. The predicted octanol–water partition coefficient (Wildman–Crippen LogP) is -4.05. The standard InChI is InChI=1S/C24H36N4O15/c1-38-19(32)7-13(22(35)41-4)25-16(29)10-28(11-17(30)26-14(23(36)42-5)8-20(33)39-2)12-18(31)27-15(24(37)43-6)9-21(34)40-3/h13-15H,7-12H2,1-6H3,(H,25,29)(H,26,30)(H,27,31)/t13-,14-,15-/m0/s1. The minimum Gasteiger partial charge on any atom is -0.469 e. The van der Waals surface area contributed by atoms with Crippen LogP contribution in [0.3, 0.4) is 0 Å². The summed E-state index contributed by atoms with van der Waals surface area (Å²) in [5.41, 5.74) is 0. The lowest BCUT2D eigenvalue weighted by molar-refractivity contribution is -0.151. The summed E-state index contributed by atoms with van der Waals surface area (Å²) >= 11 is 0. The molecule has 0 aromatic rings. The van der Waals surface area contributed by atoms with Crippen molar-refractivity contribution in [2.75, 3.05) is 62.3 Å². The van der Waals surface area contributed by atoms with Crippen LogP contribution in [0.15, 0.2) is 0 Å². The maximum atomic E-state index is 12.8. The fraction of sp³-hybridized carbons (Fsp3) is 0.625. The van der Waals surface area contributed by atoms with Crippen molar-refractivity contribution in [3.8, 4) is 0 Å². The van der Waals surface area contributed by atoms with Crippen molar-refractivity contribution in [1.29, 1.82) is 0 Å². The van der Waals surface area contributed by atoms with E-state index in [0.717, 1.165) is 47.6 Å². The zero-order valence-corrected chi connectivity index (χ0v) is 24.5. The average Bonchev–Trinajstić information content (AvgIpc) is 2.97. The maximum Gasteiger partial charge on any atom is 0.328 e. The van der Waals surface area contributed by atoms with Gasteiger partial charge in [0.1, 0.15) is 18.1 Å². The minimum absolute atomic E-state index is 0.599. The van der Waals surface area contributed by atoms with Crippen molar-refractivity contribution in [2.45, 2.75) is 37.4 Å². The Hall–Kier alpha value is -4.81. The van der Waals surface area contributed by atoms with Gasteiger partial charge in [0.05, 0.1) is 81.6 Å². The van der Waals surface area contributed by atoms with Crippen molar-refractivity contribution < 1.29 is 71.6 Å². The molecule has 0 aromatic heterocycles. The zero-order chi connectivity index (χ0) is 33.1. The average molecular weight is 621 g/mol. The molecule has 0 rings (SSSR count). The molecule has 0 heterocycles. The largest absolute Gasteiger partial charge is 0.469 e. The van der Waals surface area contributed by atoms with Gasteiger partial charge < -0.3 is 44.4 Å². The Morgan fingerprint density at radius 1 is 0.442 bits per heavy atom. The van der Waals surface area contributed by atoms with Crippen LogP contribution < -0.4 is 16.0 Å². The third kappa shape index (κ3) is 15.1. The summed E-state index contributed by atoms with van der Waals surface area (Å²) in [5.74, 6) is -8.43. The van der Waals surface area contributed by atoms with Crippen LogP contribution in [0.25, 0.3) is 0 Å². The number of carbonyl (C=O) groups excluding carboxylic acids is 9. The van der Waals surface area contributed by atoms with Crippen molar-refractivity contribution in [3.05, 3.63) is 0 Å². The molecule has 0 aliphatic rings. The number of nitrogens with one attached hydrogen (secondary N) is 3. The second-order valence-corrected chi connectivity index (χ2v) is 8.42. The van der Waals surface area contributed by atoms with Crippen LogP contribution in [0.1, 0.15) is 19.3 Å². The third-order valence-corrected chi connectivity index (χ3v) is 5.36. The van der Waals surface area contributed by atoms with Crippen LogP contribution in [-0.2, 0) is 71.6 Å². The molecule has 3 N–H and O–H groups in total. The van der Waals surface area contributed by atoms with Crippen LogP contribution >= 0.6 is 0 Å². The number of esters is 6. The molecule has 0 saturated heterocycles. The molecule has 242 valence electrons. The number of rotatable bonds is 18. The summed E-state index contributed by atoms with van der Waals surface area (Å²) in [7, 11) is 6.20. The molecule has 43 heavy (non-hydrogen) atoms. The molecular formula is C24H36N4O15. The normalized spacial score (nSPS) is 12.3. The second-order valence-electron chi connectivity index (χ2n) is 8.42. The van der Waals surface area contributed by atoms with Crippen molar-refractivity contribution in [2.24, 2.45) is 0 Å². The molecule has 0 bridgehead atoms. The minimum atomic E-state index is -1.48. The van der Waals surface area contributed by atoms with Gasteiger partial charge in [-0.1, -0.05) is 0 Å². The lowest BCUT2D eigenvalue weighted by atomic mass is 10.2. The van der Waals surface area contributed by atoms with Gasteiger partial charge in [0.15, 0.2) is 0 Å². The van der Waals surface area contributed by atoms with E-state index in [2.05, 4.69) is 44.4 Å². The van der Waals surface area contributed by atoms with Crippen LogP contribution in [0.2, 0.25) is 0 Å². The fourth-order valence-corrected chi connectivity index (χ4v) is 3.25. The van der Waals surface area contributed by atoms with Gasteiger partial charge >= 0.3 is 35.8 Å². The Morgan fingerprint density at radius 2 is 0.674 bits per heavy atom. The fourth-order valence-electron chi connectivity index (χ4n) is 3.25. The molecule has 3 atom stereocenters. The Balaban J connectivity index is 5.95. The second kappa shape index (κ2) is 20.1. The van der Waals surface area contributed by atoms with E-state index < -0.39 is 111 Å². The van der Waals surface area contributed by atoms with Gasteiger partial charge in [-0.2, -0.15) is 0 Å². The van der Waals surface area contributed by atoms with E-state index in [4.69, 9.17) is 0 Å². The van der Waals surface area contributed by atoms with E-state index in [0.29, 0.717) is 0 Å². The van der Waals surface area contributed by atoms with Gasteiger partial charge in [0.25, 0.3) is 0 Å². The van der Waals surface area contributed by atoms with E-state index >= 15 is 0 Å². The highest BCUT2D eigenvalue weighted by Gasteiger charge is 2.30. The number of ether oxygens (including phenoxy) is 6. The molecule has 3 amide bonds. The Labute approximate surface area is 246 Å². The summed E-state index contributed by atoms with van der Waals surface area (Å²) in [6, 6.07) is -4.45. The first-order valence-electron chi connectivity index (χ1n) is 12.3. The quantitative estimate of drug-likeness (QED) is 0.0974. The van der Waals surface area contributed by atoms with Gasteiger partial charge in [0, 0.05) is 0 Å². The van der Waals surface area contributed by atoms with E-state index in [-0.39, 0.29) is 0 Å². The molecular weight excluding hydrogens is 584 g/mol. The maximum absolute atomic E-state index is 12.8. The van der Waals surface area contributed by atoms with Gasteiger partial charge in [-0.15, -0.1) is 0 Å². The Bertz CT molecular complexity index is 919. The van der Waals surface area contributed by atoms with E-state index in [1.807, 2.05) is 0 Å². The van der Waals surface area contributed by atoms with E-state index in [1.165, 1.54) is 0 Å². The highest BCUT2D eigenvalue weighted by molar-refractivity contribution is 5.92. The molecule has 0 unspecified atom stereocenters. The molecule has 0 fully saturated rings. The lowest BCUT2D eigenvalue weighted by Crippen LogP contribution is -2.53. The number of carbonyl (C=O) groups is 9.